The molecule has 1 fully saturated rings. The van der Waals surface area contributed by atoms with Crippen LogP contribution in [0.1, 0.15) is 27.5 Å². The Morgan fingerprint density at radius 2 is 2.03 bits per heavy atom. The van der Waals surface area contributed by atoms with Crippen molar-refractivity contribution in [3.63, 3.8) is 0 Å². The van der Waals surface area contributed by atoms with E-state index in [0.29, 0.717) is 6.61 Å². The Morgan fingerprint density at radius 3 is 2.86 bits per heavy atom. The van der Waals surface area contributed by atoms with E-state index in [2.05, 4.69) is 40.5 Å². The van der Waals surface area contributed by atoms with E-state index < -0.39 is 0 Å². The lowest BCUT2D eigenvalue weighted by molar-refractivity contribution is -0.139. The molecule has 2 heterocycles. The van der Waals surface area contributed by atoms with Crippen molar-refractivity contribution in [2.45, 2.75) is 18.3 Å². The van der Waals surface area contributed by atoms with E-state index in [1.165, 1.54) is 18.2 Å². The highest BCUT2D eigenvalue weighted by atomic mass is 32.2. The van der Waals surface area contributed by atoms with Crippen LogP contribution < -0.4 is 10.1 Å². The number of fused-ring (bicyclic) bond motifs is 2. The van der Waals surface area contributed by atoms with Crippen LogP contribution in [0.15, 0.2) is 42.5 Å². The van der Waals surface area contributed by atoms with Crippen molar-refractivity contribution in [2.75, 3.05) is 45.6 Å². The Bertz CT molecular complexity index is 852. The number of methoxy groups -OCH3 is 1. The van der Waals surface area contributed by atoms with E-state index in [1.807, 2.05) is 23.9 Å². The summed E-state index contributed by atoms with van der Waals surface area (Å²) in [6.45, 7) is 6.04. The van der Waals surface area contributed by atoms with Gasteiger partial charge in [-0.05, 0) is 22.8 Å². The highest BCUT2D eigenvalue weighted by molar-refractivity contribution is 7.99. The summed E-state index contributed by atoms with van der Waals surface area (Å²) in [6, 6.07) is 14.6. The molecule has 154 valence electrons. The van der Waals surface area contributed by atoms with Gasteiger partial charge in [-0.3, -0.25) is 9.69 Å². The van der Waals surface area contributed by atoms with Gasteiger partial charge in [0, 0.05) is 44.0 Å². The van der Waals surface area contributed by atoms with Crippen LogP contribution in [-0.4, -0.2) is 56.5 Å². The van der Waals surface area contributed by atoms with Gasteiger partial charge in [-0.25, -0.2) is 0 Å². The zero-order valence-corrected chi connectivity index (χ0v) is 17.7. The normalized spacial score (nSPS) is 18.9. The molecule has 2 aliphatic heterocycles. The second-order valence-electron chi connectivity index (χ2n) is 7.46. The molecule has 29 heavy (non-hydrogen) atoms. The molecule has 2 aromatic carbocycles. The van der Waals surface area contributed by atoms with Crippen LogP contribution in [0.3, 0.4) is 0 Å². The van der Waals surface area contributed by atoms with Crippen molar-refractivity contribution in [1.29, 1.82) is 0 Å². The number of hydrogen-bond donors (Lipinski definition) is 1. The lowest BCUT2D eigenvalue weighted by Crippen LogP contribution is -2.44. The SMILES string of the molecule is COC(=O)Cc1ccc2c(c1)C(SCCN1CCNCC1)c1ccccc1CO2. The Balaban J connectivity index is 1.58. The summed E-state index contributed by atoms with van der Waals surface area (Å²) in [5.41, 5.74) is 4.66. The maximum absolute atomic E-state index is 11.8. The second-order valence-corrected chi connectivity index (χ2v) is 8.67. The summed E-state index contributed by atoms with van der Waals surface area (Å²) in [4.78, 5) is 14.3. The maximum Gasteiger partial charge on any atom is 0.309 e. The van der Waals surface area contributed by atoms with Crippen molar-refractivity contribution in [3.8, 4) is 5.75 Å². The predicted molar refractivity (Wildman–Crippen MR) is 117 cm³/mol. The monoisotopic (exact) mass is 412 g/mol. The fourth-order valence-electron chi connectivity index (χ4n) is 3.94. The summed E-state index contributed by atoms with van der Waals surface area (Å²) >= 11 is 1.96. The molecule has 2 aromatic rings. The molecule has 5 nitrogen and oxygen atoms in total. The largest absolute Gasteiger partial charge is 0.489 e. The first kappa shape index (κ1) is 20.3. The van der Waals surface area contributed by atoms with Gasteiger partial charge in [0.2, 0.25) is 0 Å². The van der Waals surface area contributed by atoms with Crippen molar-refractivity contribution < 1.29 is 14.3 Å². The molecule has 4 rings (SSSR count). The van der Waals surface area contributed by atoms with Gasteiger partial charge in [0.25, 0.3) is 0 Å². The van der Waals surface area contributed by atoms with Gasteiger partial charge in [-0.1, -0.05) is 36.4 Å². The lowest BCUT2D eigenvalue weighted by atomic mass is 9.98. The smallest absolute Gasteiger partial charge is 0.309 e. The van der Waals surface area contributed by atoms with Crippen LogP contribution in [0.2, 0.25) is 0 Å². The Hall–Kier alpha value is -2.02. The topological polar surface area (TPSA) is 50.8 Å². The number of nitrogens with one attached hydrogen (secondary N) is 1. The number of benzene rings is 2. The van der Waals surface area contributed by atoms with E-state index >= 15 is 0 Å². The lowest BCUT2D eigenvalue weighted by Gasteiger charge is -2.28. The third-order valence-corrected chi connectivity index (χ3v) is 6.81. The number of thioether (sulfide) groups is 1. The molecule has 1 atom stereocenters. The van der Waals surface area contributed by atoms with Gasteiger partial charge >= 0.3 is 5.97 Å². The predicted octanol–water partition coefficient (Wildman–Crippen LogP) is 3.02. The molecule has 1 N–H and O–H groups in total. The first-order valence-electron chi connectivity index (χ1n) is 10.2. The Labute approximate surface area is 176 Å². The molecular weight excluding hydrogens is 384 g/mol. The second kappa shape index (κ2) is 9.65. The van der Waals surface area contributed by atoms with Crippen molar-refractivity contribution in [2.24, 2.45) is 0 Å². The van der Waals surface area contributed by atoms with Crippen molar-refractivity contribution >= 4 is 17.7 Å². The zero-order valence-electron chi connectivity index (χ0n) is 16.9. The molecule has 6 heteroatoms. The van der Waals surface area contributed by atoms with Crippen LogP contribution in [0, 0.1) is 0 Å². The van der Waals surface area contributed by atoms with Crippen molar-refractivity contribution in [1.82, 2.24) is 10.2 Å². The van der Waals surface area contributed by atoms with E-state index in [1.54, 1.807) is 0 Å². The van der Waals surface area contributed by atoms with E-state index in [0.717, 1.165) is 55.4 Å². The molecule has 0 aromatic heterocycles. The van der Waals surface area contributed by atoms with Crippen molar-refractivity contribution in [3.05, 3.63) is 64.7 Å². The standard InChI is InChI=1S/C23H28N2O3S/c1-27-22(26)15-17-6-7-21-20(14-17)23(19-5-3-2-4-18(19)16-28-21)29-13-12-25-10-8-24-9-11-25/h2-7,14,23-24H,8-13,15-16H2,1H3. The molecule has 2 aliphatic rings. The molecule has 0 spiro atoms. The number of esters is 1. The first-order valence-corrected chi connectivity index (χ1v) is 11.2. The number of hydrogen-bond acceptors (Lipinski definition) is 6. The van der Waals surface area contributed by atoms with Gasteiger partial charge in [0.15, 0.2) is 0 Å². The van der Waals surface area contributed by atoms with E-state index in [9.17, 15) is 4.79 Å². The molecule has 1 unspecified atom stereocenters. The molecular formula is C23H28N2O3S. The van der Waals surface area contributed by atoms with Crippen LogP contribution in [0.5, 0.6) is 5.75 Å². The number of ether oxygens (including phenoxy) is 2. The average Bonchev–Trinajstić information content (AvgIpc) is 2.91. The number of nitrogens with zero attached hydrogens (tertiary/aromatic N) is 1. The van der Waals surface area contributed by atoms with E-state index in [-0.39, 0.29) is 17.6 Å². The fraction of sp³-hybridized carbons (Fsp3) is 0.435. The summed E-state index contributed by atoms with van der Waals surface area (Å²) < 4.78 is 11.0. The number of carbonyl (C=O) groups is 1. The highest BCUT2D eigenvalue weighted by Gasteiger charge is 2.26. The Morgan fingerprint density at radius 1 is 1.21 bits per heavy atom. The van der Waals surface area contributed by atoms with E-state index in [4.69, 9.17) is 9.47 Å². The minimum atomic E-state index is -0.220. The number of carbonyl (C=O) groups excluding carboxylic acids is 1. The van der Waals surface area contributed by atoms with Gasteiger partial charge in [-0.15, -0.1) is 11.8 Å². The molecule has 0 bridgehead atoms. The molecule has 0 saturated carbocycles. The molecule has 0 aliphatic carbocycles. The van der Waals surface area contributed by atoms with Crippen LogP contribution in [0.4, 0.5) is 0 Å². The van der Waals surface area contributed by atoms with Crippen LogP contribution in [-0.2, 0) is 22.6 Å². The average molecular weight is 413 g/mol. The minimum Gasteiger partial charge on any atom is -0.489 e. The van der Waals surface area contributed by atoms with Gasteiger partial charge < -0.3 is 14.8 Å². The quantitative estimate of drug-likeness (QED) is 0.736. The molecule has 0 amide bonds. The van der Waals surface area contributed by atoms with Gasteiger partial charge in [0.1, 0.15) is 12.4 Å². The number of rotatable bonds is 6. The Kier molecular flexibility index (Phi) is 6.74. The van der Waals surface area contributed by atoms with Gasteiger partial charge in [-0.2, -0.15) is 0 Å². The fourth-order valence-corrected chi connectivity index (χ4v) is 5.31. The molecule has 0 radical (unpaired) electrons. The van der Waals surface area contributed by atoms with Crippen LogP contribution >= 0.6 is 11.8 Å². The highest BCUT2D eigenvalue weighted by Crippen LogP contribution is 2.44. The van der Waals surface area contributed by atoms with Crippen LogP contribution in [0.25, 0.3) is 0 Å². The minimum absolute atomic E-state index is 0.198. The first-order chi connectivity index (χ1) is 14.2. The zero-order chi connectivity index (χ0) is 20.1. The number of piperazine rings is 1. The maximum atomic E-state index is 11.8. The summed E-state index contributed by atoms with van der Waals surface area (Å²) in [6.07, 6.45) is 0.281. The summed E-state index contributed by atoms with van der Waals surface area (Å²) in [7, 11) is 1.43. The third-order valence-electron chi connectivity index (χ3n) is 5.56. The summed E-state index contributed by atoms with van der Waals surface area (Å²) in [5, 5.41) is 3.61. The third kappa shape index (κ3) is 4.94. The summed E-state index contributed by atoms with van der Waals surface area (Å²) in [5.74, 6) is 1.75. The molecule has 1 saturated heterocycles. The van der Waals surface area contributed by atoms with Gasteiger partial charge in [0.05, 0.1) is 18.8 Å².